The van der Waals surface area contributed by atoms with Gasteiger partial charge in [-0.2, -0.15) is 0 Å². The summed E-state index contributed by atoms with van der Waals surface area (Å²) < 4.78 is 38.7. The highest BCUT2D eigenvalue weighted by molar-refractivity contribution is 5.45. The number of benzene rings is 1. The monoisotopic (exact) mass is 207 g/mol. The highest BCUT2D eigenvalue weighted by Gasteiger charge is 2.33. The number of ether oxygens (including phenoxy) is 1. The maximum absolute atomic E-state index is 11.7. The summed E-state index contributed by atoms with van der Waals surface area (Å²) >= 11 is 0. The summed E-state index contributed by atoms with van der Waals surface area (Å²) in [4.78, 5) is 9.32. The fourth-order valence-electron chi connectivity index (χ4n) is 0.819. The predicted octanol–water partition coefficient (Wildman–Crippen LogP) is 2.49. The normalized spacial score (nSPS) is 11.1. The lowest BCUT2D eigenvalue weighted by molar-refractivity contribution is -0.388. The van der Waals surface area contributed by atoms with E-state index in [0.29, 0.717) is 0 Å². The molecule has 0 aliphatic carbocycles. The van der Waals surface area contributed by atoms with Crippen LogP contribution in [-0.4, -0.2) is 11.3 Å². The van der Waals surface area contributed by atoms with Gasteiger partial charge in [0.1, 0.15) is 0 Å². The molecule has 1 rings (SSSR count). The molecule has 0 aliphatic rings. The molecule has 0 aromatic heterocycles. The van der Waals surface area contributed by atoms with Gasteiger partial charge in [-0.05, 0) is 6.07 Å². The Morgan fingerprint density at radius 1 is 1.29 bits per heavy atom. The van der Waals surface area contributed by atoms with Gasteiger partial charge in [-0.15, -0.1) is 13.2 Å². The van der Waals surface area contributed by atoms with Crippen LogP contribution in [0.2, 0.25) is 0 Å². The van der Waals surface area contributed by atoms with Gasteiger partial charge in [0, 0.05) is 6.07 Å². The second-order valence-electron chi connectivity index (χ2n) is 2.27. The molecular weight excluding hydrogens is 203 g/mol. The predicted molar refractivity (Wildman–Crippen MR) is 39.8 cm³/mol. The molecule has 0 saturated heterocycles. The third kappa shape index (κ3) is 2.61. The van der Waals surface area contributed by atoms with Gasteiger partial charge < -0.3 is 4.74 Å². The van der Waals surface area contributed by atoms with Crippen LogP contribution in [0, 0.1) is 10.1 Å². The Morgan fingerprint density at radius 3 is 2.36 bits per heavy atom. The van der Waals surface area contributed by atoms with E-state index in [0.717, 1.165) is 12.1 Å². The minimum Gasteiger partial charge on any atom is -0.398 e. The maximum Gasteiger partial charge on any atom is 0.573 e. The molecule has 0 bridgehead atoms. The lowest BCUT2D eigenvalue weighted by Gasteiger charge is -2.08. The summed E-state index contributed by atoms with van der Waals surface area (Å²) in [5, 5.41) is 10.3. The summed E-state index contributed by atoms with van der Waals surface area (Å²) in [5.41, 5.74) is -0.718. The van der Waals surface area contributed by atoms with E-state index in [-0.39, 0.29) is 0 Å². The Morgan fingerprint density at radius 2 is 1.86 bits per heavy atom. The highest BCUT2D eigenvalue weighted by Crippen LogP contribution is 2.30. The summed E-state index contributed by atoms with van der Waals surface area (Å²) in [6.07, 6.45) is -4.92. The van der Waals surface area contributed by atoms with E-state index < -0.39 is 22.7 Å². The van der Waals surface area contributed by atoms with Crippen molar-refractivity contribution in [2.45, 2.75) is 6.36 Å². The SMILES string of the molecule is O=[N+]([O-])c1ccccc1OC(F)(F)F. The van der Waals surface area contributed by atoms with Crippen molar-refractivity contribution >= 4 is 5.69 Å². The molecule has 76 valence electrons. The number of nitro benzene ring substituents is 1. The van der Waals surface area contributed by atoms with Gasteiger partial charge in [-0.1, -0.05) is 12.1 Å². The van der Waals surface area contributed by atoms with Crippen molar-refractivity contribution < 1.29 is 22.8 Å². The fourth-order valence-corrected chi connectivity index (χ4v) is 0.819. The highest BCUT2D eigenvalue weighted by atomic mass is 19.4. The molecule has 4 nitrogen and oxygen atoms in total. The Bertz CT molecular complexity index is 350. The van der Waals surface area contributed by atoms with Crippen LogP contribution in [0.25, 0.3) is 0 Å². The molecule has 0 heterocycles. The van der Waals surface area contributed by atoms with Crippen molar-refractivity contribution in [1.29, 1.82) is 0 Å². The Balaban J connectivity index is 3.02. The van der Waals surface area contributed by atoms with Crippen molar-refractivity contribution in [2.75, 3.05) is 0 Å². The second-order valence-corrected chi connectivity index (χ2v) is 2.27. The van der Waals surface area contributed by atoms with Crippen LogP contribution in [0.1, 0.15) is 0 Å². The van der Waals surface area contributed by atoms with Crippen LogP contribution in [0.15, 0.2) is 24.3 Å². The van der Waals surface area contributed by atoms with Crippen molar-refractivity contribution in [3.8, 4) is 5.75 Å². The molecule has 0 spiro atoms. The largest absolute Gasteiger partial charge is 0.573 e. The van der Waals surface area contributed by atoms with Crippen molar-refractivity contribution in [3.63, 3.8) is 0 Å². The number of alkyl halides is 3. The average molecular weight is 207 g/mol. The molecule has 14 heavy (non-hydrogen) atoms. The van der Waals surface area contributed by atoms with E-state index >= 15 is 0 Å². The Hall–Kier alpha value is -1.79. The topological polar surface area (TPSA) is 52.4 Å². The number of nitrogens with zero attached hydrogens (tertiary/aromatic N) is 1. The molecule has 0 amide bonds. The van der Waals surface area contributed by atoms with Crippen LogP contribution >= 0.6 is 0 Å². The lowest BCUT2D eigenvalue weighted by Crippen LogP contribution is -2.17. The summed E-state index contributed by atoms with van der Waals surface area (Å²) in [5.74, 6) is -0.815. The van der Waals surface area contributed by atoms with Gasteiger partial charge in [0.15, 0.2) is 0 Å². The van der Waals surface area contributed by atoms with Crippen molar-refractivity contribution in [2.24, 2.45) is 0 Å². The number of hydrogen-bond acceptors (Lipinski definition) is 3. The van der Waals surface area contributed by atoms with Gasteiger partial charge in [0.25, 0.3) is 0 Å². The first-order chi connectivity index (χ1) is 6.40. The maximum atomic E-state index is 11.7. The first kappa shape index (κ1) is 10.3. The van der Waals surface area contributed by atoms with Crippen molar-refractivity contribution in [3.05, 3.63) is 34.4 Å². The first-order valence-electron chi connectivity index (χ1n) is 3.39. The Kier molecular flexibility index (Phi) is 2.59. The van der Waals surface area contributed by atoms with Gasteiger partial charge in [0.05, 0.1) is 4.92 Å². The van der Waals surface area contributed by atoms with E-state index in [4.69, 9.17) is 0 Å². The van der Waals surface area contributed by atoms with E-state index in [2.05, 4.69) is 4.74 Å². The summed E-state index contributed by atoms with van der Waals surface area (Å²) in [6, 6.07) is 4.28. The van der Waals surface area contributed by atoms with E-state index in [1.807, 2.05) is 0 Å². The molecule has 0 unspecified atom stereocenters. The molecular formula is C7H4F3NO3. The molecule has 0 radical (unpaired) electrons. The zero-order chi connectivity index (χ0) is 10.8. The number of hydrogen-bond donors (Lipinski definition) is 0. The third-order valence-corrected chi connectivity index (χ3v) is 1.29. The molecule has 0 aliphatic heterocycles. The summed E-state index contributed by atoms with van der Waals surface area (Å²) in [6.45, 7) is 0. The number of nitro groups is 1. The summed E-state index contributed by atoms with van der Waals surface area (Å²) in [7, 11) is 0. The molecule has 0 fully saturated rings. The van der Waals surface area contributed by atoms with Gasteiger partial charge in [0.2, 0.25) is 5.75 Å². The standard InChI is InChI=1S/C7H4F3NO3/c8-7(9,10)14-6-4-2-1-3-5(6)11(12)13/h1-4H. The van der Waals surface area contributed by atoms with Crippen molar-refractivity contribution in [1.82, 2.24) is 0 Å². The zero-order valence-electron chi connectivity index (χ0n) is 6.62. The molecule has 1 aromatic carbocycles. The minimum absolute atomic E-state index is 0.718. The molecule has 1 aromatic rings. The smallest absolute Gasteiger partial charge is 0.398 e. The van der Waals surface area contributed by atoms with E-state index in [1.165, 1.54) is 12.1 Å². The fraction of sp³-hybridized carbons (Fsp3) is 0.143. The Labute approximate surface area is 76.1 Å². The van der Waals surface area contributed by atoms with Gasteiger partial charge >= 0.3 is 12.0 Å². The lowest BCUT2D eigenvalue weighted by atomic mass is 10.3. The van der Waals surface area contributed by atoms with Gasteiger partial charge in [-0.25, -0.2) is 0 Å². The average Bonchev–Trinajstić information content (AvgIpc) is 2.01. The van der Waals surface area contributed by atoms with Crippen LogP contribution in [-0.2, 0) is 0 Å². The number of rotatable bonds is 2. The quantitative estimate of drug-likeness (QED) is 0.552. The number of para-hydroxylation sites is 2. The zero-order valence-corrected chi connectivity index (χ0v) is 6.62. The molecule has 0 saturated carbocycles. The molecule has 7 heteroatoms. The number of halogens is 3. The van der Waals surface area contributed by atoms with E-state index in [9.17, 15) is 23.3 Å². The molecule has 0 atom stereocenters. The first-order valence-corrected chi connectivity index (χ1v) is 3.39. The van der Waals surface area contributed by atoms with Crippen LogP contribution in [0.3, 0.4) is 0 Å². The third-order valence-electron chi connectivity index (χ3n) is 1.29. The minimum atomic E-state index is -4.92. The molecule has 0 N–H and O–H groups in total. The van der Waals surface area contributed by atoms with Crippen LogP contribution < -0.4 is 4.74 Å². The van der Waals surface area contributed by atoms with E-state index in [1.54, 1.807) is 0 Å². The van der Waals surface area contributed by atoms with Crippen LogP contribution in [0.5, 0.6) is 5.75 Å². The second kappa shape index (κ2) is 3.52. The van der Waals surface area contributed by atoms with Gasteiger partial charge in [-0.3, -0.25) is 10.1 Å². The van der Waals surface area contributed by atoms with Crippen LogP contribution in [0.4, 0.5) is 18.9 Å².